The van der Waals surface area contributed by atoms with Gasteiger partial charge < -0.3 is 20.1 Å². The Hall–Kier alpha value is -2.94. The van der Waals surface area contributed by atoms with E-state index in [1.165, 1.54) is 4.88 Å². The fourth-order valence-electron chi connectivity index (χ4n) is 5.76. The number of hydrogen-bond donors (Lipinski definition) is 2. The van der Waals surface area contributed by atoms with E-state index < -0.39 is 0 Å². The van der Waals surface area contributed by atoms with Gasteiger partial charge in [-0.05, 0) is 69.0 Å². The first-order valence-electron chi connectivity index (χ1n) is 12.8. The number of likely N-dealkylation sites (tertiary alicyclic amines) is 1. The molecule has 0 saturated carbocycles. The van der Waals surface area contributed by atoms with Gasteiger partial charge >= 0.3 is 0 Å². The summed E-state index contributed by atoms with van der Waals surface area (Å²) in [5.74, 6) is 0.0602. The number of benzene rings is 1. The Bertz CT molecular complexity index is 1440. The maximum absolute atomic E-state index is 13.4. The number of anilines is 1. The molecule has 192 valence electrons. The molecule has 0 unspecified atom stereocenters. The van der Waals surface area contributed by atoms with Crippen molar-refractivity contribution in [2.24, 2.45) is 4.99 Å². The second-order valence-corrected chi connectivity index (χ2v) is 11.8. The first-order chi connectivity index (χ1) is 17.9. The predicted molar refractivity (Wildman–Crippen MR) is 150 cm³/mol. The molecular weight excluding hydrogens is 506 g/mol. The minimum atomic E-state index is -0.187. The molecule has 1 fully saturated rings. The van der Waals surface area contributed by atoms with Crippen LogP contribution in [0, 0.1) is 0 Å². The smallest absolute Gasteiger partial charge is 0.259 e. The Labute approximate surface area is 225 Å². The minimum Gasteiger partial charge on any atom is -0.381 e. The van der Waals surface area contributed by atoms with Crippen molar-refractivity contribution in [1.82, 2.24) is 14.8 Å². The number of piperidine rings is 1. The summed E-state index contributed by atoms with van der Waals surface area (Å²) in [4.78, 5) is 39.6. The van der Waals surface area contributed by atoms with Gasteiger partial charge in [-0.3, -0.25) is 14.6 Å². The summed E-state index contributed by atoms with van der Waals surface area (Å²) in [6, 6.07) is 8.39. The number of aromatic nitrogens is 1. The second kappa shape index (κ2) is 9.74. The topological polar surface area (TPSA) is 80.8 Å². The number of pyridine rings is 1. The van der Waals surface area contributed by atoms with Crippen molar-refractivity contribution in [2.75, 3.05) is 25.5 Å². The summed E-state index contributed by atoms with van der Waals surface area (Å²) < 4.78 is 0. The Morgan fingerprint density at radius 2 is 2.08 bits per heavy atom. The van der Waals surface area contributed by atoms with E-state index in [-0.39, 0.29) is 23.6 Å². The number of amides is 1. The number of aliphatic imine (C=N–C) groups is 1. The van der Waals surface area contributed by atoms with Crippen LogP contribution in [0.1, 0.15) is 51.7 Å². The Balaban J connectivity index is 1.28. The van der Waals surface area contributed by atoms with E-state index in [2.05, 4.69) is 46.7 Å². The number of thiophene rings is 1. The van der Waals surface area contributed by atoms with E-state index >= 15 is 0 Å². The molecule has 1 atom stereocenters. The molecule has 6 rings (SSSR count). The van der Waals surface area contributed by atoms with Crippen LogP contribution >= 0.6 is 22.9 Å². The number of halogens is 1. The average Bonchev–Trinajstić information content (AvgIpc) is 3.60. The van der Waals surface area contributed by atoms with Gasteiger partial charge in [0.05, 0.1) is 27.7 Å². The fourth-order valence-corrected chi connectivity index (χ4v) is 6.92. The zero-order valence-corrected chi connectivity index (χ0v) is 22.6. The van der Waals surface area contributed by atoms with Crippen LogP contribution in [0.15, 0.2) is 45.6 Å². The number of nitrogens with zero attached hydrogens (tertiary/aromatic N) is 3. The molecule has 1 saturated heterocycles. The third-order valence-electron chi connectivity index (χ3n) is 7.71. The lowest BCUT2D eigenvalue weighted by Crippen LogP contribution is -2.43. The zero-order chi connectivity index (χ0) is 25.7. The van der Waals surface area contributed by atoms with Crippen LogP contribution in [0.3, 0.4) is 0 Å². The highest BCUT2D eigenvalue weighted by Crippen LogP contribution is 2.43. The molecule has 2 aromatic heterocycles. The van der Waals surface area contributed by atoms with E-state index in [1.54, 1.807) is 17.5 Å². The molecule has 37 heavy (non-hydrogen) atoms. The van der Waals surface area contributed by atoms with E-state index in [9.17, 15) is 9.59 Å². The quantitative estimate of drug-likeness (QED) is 0.472. The average molecular weight is 536 g/mol. The number of aromatic amines is 1. The molecule has 0 aliphatic carbocycles. The van der Waals surface area contributed by atoms with Crippen LogP contribution in [0.2, 0.25) is 5.02 Å². The highest BCUT2D eigenvalue weighted by molar-refractivity contribution is 7.09. The molecule has 2 N–H and O–H groups in total. The van der Waals surface area contributed by atoms with E-state index in [1.807, 2.05) is 17.0 Å². The first-order valence-corrected chi connectivity index (χ1v) is 14.1. The van der Waals surface area contributed by atoms with Crippen LogP contribution in [0.4, 0.5) is 11.4 Å². The van der Waals surface area contributed by atoms with Gasteiger partial charge in [-0.25, -0.2) is 0 Å². The van der Waals surface area contributed by atoms with E-state index in [4.69, 9.17) is 16.6 Å². The molecule has 0 radical (unpaired) electrons. The molecule has 1 amide bonds. The molecule has 0 spiro atoms. The molecule has 9 heteroatoms. The van der Waals surface area contributed by atoms with Crippen LogP contribution in [-0.2, 0) is 19.4 Å². The van der Waals surface area contributed by atoms with Gasteiger partial charge in [0, 0.05) is 53.7 Å². The molecule has 3 aliphatic rings. The van der Waals surface area contributed by atoms with Gasteiger partial charge in [-0.2, -0.15) is 0 Å². The number of carbonyl (C=O) groups is 1. The first kappa shape index (κ1) is 24.4. The summed E-state index contributed by atoms with van der Waals surface area (Å²) in [5.41, 5.74) is 4.91. The summed E-state index contributed by atoms with van der Waals surface area (Å²) in [5, 5.41) is 6.13. The molecule has 5 heterocycles. The summed E-state index contributed by atoms with van der Waals surface area (Å²) in [6.07, 6.45) is 4.95. The van der Waals surface area contributed by atoms with Gasteiger partial charge in [0.1, 0.15) is 0 Å². The monoisotopic (exact) mass is 535 g/mol. The molecule has 1 aromatic carbocycles. The van der Waals surface area contributed by atoms with Crippen molar-refractivity contribution >= 4 is 45.9 Å². The van der Waals surface area contributed by atoms with Crippen molar-refractivity contribution in [3.63, 3.8) is 0 Å². The van der Waals surface area contributed by atoms with Gasteiger partial charge in [-0.1, -0.05) is 17.7 Å². The van der Waals surface area contributed by atoms with Gasteiger partial charge in [0.15, 0.2) is 0 Å². The Morgan fingerprint density at radius 1 is 1.27 bits per heavy atom. The van der Waals surface area contributed by atoms with E-state index in [0.717, 1.165) is 49.2 Å². The fraction of sp³-hybridized carbons (Fsp3) is 0.393. The number of hydrogen-bond acceptors (Lipinski definition) is 6. The number of fused-ring (bicyclic) bond motifs is 2. The van der Waals surface area contributed by atoms with Crippen molar-refractivity contribution in [1.29, 1.82) is 0 Å². The van der Waals surface area contributed by atoms with Crippen LogP contribution in [0.25, 0.3) is 0 Å². The largest absolute Gasteiger partial charge is 0.381 e. The van der Waals surface area contributed by atoms with Crippen molar-refractivity contribution in [3.8, 4) is 0 Å². The standard InChI is InChI=1S/C28H30ClN5O2S/c1-16(12-19-4-3-11-37-19)31-22-5-8-30-27(35)24(22)23-14-17-13-20-21(25(29)26(17)32-23)15-34(28(20)36)18-6-9-33(2)10-7-18/h3-5,8,11,13,16,18H,6-7,9-10,12,14-15H2,1-2H3,(H2,30,31,35)/t16-/m1/s1. The Kier molecular flexibility index (Phi) is 6.42. The minimum absolute atomic E-state index is 0.0602. The molecule has 3 aliphatic heterocycles. The molecule has 3 aromatic rings. The zero-order valence-electron chi connectivity index (χ0n) is 21.0. The van der Waals surface area contributed by atoms with E-state index in [0.29, 0.717) is 40.5 Å². The van der Waals surface area contributed by atoms with Crippen molar-refractivity contribution < 1.29 is 4.79 Å². The van der Waals surface area contributed by atoms with Crippen LogP contribution < -0.4 is 10.9 Å². The van der Waals surface area contributed by atoms with Gasteiger partial charge in [0.2, 0.25) is 0 Å². The highest BCUT2D eigenvalue weighted by atomic mass is 35.5. The van der Waals surface area contributed by atoms with Crippen molar-refractivity contribution in [3.05, 3.63) is 78.3 Å². The number of carbonyl (C=O) groups excluding carboxylic acids is 1. The second-order valence-electron chi connectivity index (χ2n) is 10.4. The Morgan fingerprint density at radius 3 is 2.84 bits per heavy atom. The molecule has 7 nitrogen and oxygen atoms in total. The normalized spacial score (nSPS) is 18.6. The van der Waals surface area contributed by atoms with Crippen molar-refractivity contribution in [2.45, 2.75) is 51.2 Å². The molecular formula is C28H30ClN5O2S. The summed E-state index contributed by atoms with van der Waals surface area (Å²) in [7, 11) is 2.12. The maximum atomic E-state index is 13.4. The highest BCUT2D eigenvalue weighted by Gasteiger charge is 2.38. The lowest BCUT2D eigenvalue weighted by atomic mass is 10.00. The van der Waals surface area contributed by atoms with Crippen LogP contribution in [-0.4, -0.2) is 58.6 Å². The predicted octanol–water partition coefficient (Wildman–Crippen LogP) is 4.86. The third kappa shape index (κ3) is 4.51. The lowest BCUT2D eigenvalue weighted by molar-refractivity contribution is 0.0617. The van der Waals surface area contributed by atoms with Gasteiger partial charge in [0.25, 0.3) is 11.5 Å². The summed E-state index contributed by atoms with van der Waals surface area (Å²) in [6.45, 7) is 4.63. The number of H-pyrrole nitrogens is 1. The van der Waals surface area contributed by atoms with Crippen LogP contribution in [0.5, 0.6) is 0 Å². The number of rotatable bonds is 6. The molecule has 0 bridgehead atoms. The lowest BCUT2D eigenvalue weighted by Gasteiger charge is -2.34. The maximum Gasteiger partial charge on any atom is 0.259 e. The third-order valence-corrected chi connectivity index (χ3v) is 9.02. The number of nitrogens with one attached hydrogen (secondary N) is 2. The summed E-state index contributed by atoms with van der Waals surface area (Å²) >= 11 is 8.62. The van der Waals surface area contributed by atoms with Gasteiger partial charge in [-0.15, -0.1) is 11.3 Å². The SMILES string of the molecule is C[C@H](Cc1cccs1)Nc1cc[nH]c(=O)c1C1=Nc2c(cc3c(c2Cl)CN(C2CCN(C)CC2)C3=O)C1.